The van der Waals surface area contributed by atoms with Crippen molar-refractivity contribution >= 4 is 21.8 Å². The first kappa shape index (κ1) is 19.4. The minimum absolute atomic E-state index is 0.0186. The predicted octanol–water partition coefficient (Wildman–Crippen LogP) is 0.711. The molecule has 1 aromatic carbocycles. The Bertz CT molecular complexity index is 1050. The van der Waals surface area contributed by atoms with E-state index in [0.717, 1.165) is 11.1 Å². The molecule has 0 radical (unpaired) electrons. The lowest BCUT2D eigenvalue weighted by molar-refractivity contribution is 0.0855. The van der Waals surface area contributed by atoms with Gasteiger partial charge in [0, 0.05) is 13.1 Å². The summed E-state index contributed by atoms with van der Waals surface area (Å²) >= 11 is 0. The lowest BCUT2D eigenvalue weighted by Gasteiger charge is -2.38. The molecule has 3 N–H and O–H groups in total. The first-order valence-corrected chi connectivity index (χ1v) is 11.3. The fourth-order valence-electron chi connectivity index (χ4n) is 3.70. The first-order chi connectivity index (χ1) is 13.7. The third-order valence-corrected chi connectivity index (χ3v) is 7.15. The van der Waals surface area contributed by atoms with E-state index in [1.54, 1.807) is 10.7 Å². The Morgan fingerprint density at radius 1 is 1.21 bits per heavy atom. The number of sulfone groups is 1. The van der Waals surface area contributed by atoms with E-state index in [0.29, 0.717) is 25.2 Å². The molecule has 1 aromatic heterocycles. The van der Waals surface area contributed by atoms with Crippen LogP contribution in [0.2, 0.25) is 0 Å². The van der Waals surface area contributed by atoms with E-state index >= 15 is 0 Å². The summed E-state index contributed by atoms with van der Waals surface area (Å²) in [5, 5.41) is 7.30. The summed E-state index contributed by atoms with van der Waals surface area (Å²) in [7, 11) is -3.10. The number of amides is 3. The number of benzene rings is 1. The second-order valence-electron chi connectivity index (χ2n) is 7.70. The molecular weight excluding hydrogens is 394 g/mol. The Morgan fingerprint density at radius 3 is 2.48 bits per heavy atom. The van der Waals surface area contributed by atoms with Crippen LogP contribution in [0.5, 0.6) is 0 Å². The van der Waals surface area contributed by atoms with Gasteiger partial charge in [-0.05, 0) is 25.0 Å². The number of nitrogens with one attached hydrogen (secondary N) is 1. The molecule has 2 aromatic rings. The molecule has 0 aliphatic carbocycles. The van der Waals surface area contributed by atoms with Gasteiger partial charge in [-0.15, -0.1) is 0 Å². The minimum Gasteiger partial charge on any atom is -0.351 e. The number of nitrogens with two attached hydrogens (primary N) is 1. The number of carbonyl (C=O) groups is 2. The van der Waals surface area contributed by atoms with Gasteiger partial charge in [0.25, 0.3) is 5.91 Å². The monoisotopic (exact) mass is 417 g/mol. The van der Waals surface area contributed by atoms with Crippen LogP contribution in [0.15, 0.2) is 30.3 Å². The van der Waals surface area contributed by atoms with E-state index in [4.69, 9.17) is 5.73 Å². The molecule has 1 atom stereocenters. The van der Waals surface area contributed by atoms with Crippen molar-refractivity contribution in [1.29, 1.82) is 0 Å². The number of urea groups is 1. The number of carbonyl (C=O) groups excluding carboxylic acids is 2. The fourth-order valence-corrected chi connectivity index (χ4v) is 5.39. The van der Waals surface area contributed by atoms with E-state index < -0.39 is 15.9 Å². The molecule has 1 unspecified atom stereocenters. The molecule has 29 heavy (non-hydrogen) atoms. The van der Waals surface area contributed by atoms with Crippen molar-refractivity contribution in [3.8, 4) is 11.3 Å². The van der Waals surface area contributed by atoms with Crippen LogP contribution in [-0.4, -0.2) is 65.7 Å². The number of nitrogens with zero attached hydrogens (tertiary/aromatic N) is 3. The summed E-state index contributed by atoms with van der Waals surface area (Å²) in [6, 6.07) is 8.51. The lowest BCUT2D eigenvalue weighted by atomic mass is 10.1. The van der Waals surface area contributed by atoms with Crippen LogP contribution in [0, 0.1) is 6.92 Å². The number of likely N-dealkylation sites (tertiary alicyclic amines) is 1. The molecule has 4 rings (SSSR count). The van der Waals surface area contributed by atoms with Gasteiger partial charge in [-0.2, -0.15) is 5.10 Å². The summed E-state index contributed by atoms with van der Waals surface area (Å²) in [6.45, 7) is 2.72. The highest BCUT2D eigenvalue weighted by molar-refractivity contribution is 7.91. The van der Waals surface area contributed by atoms with Gasteiger partial charge < -0.3 is 16.0 Å². The zero-order valence-corrected chi connectivity index (χ0v) is 16.9. The number of primary amides is 1. The zero-order valence-electron chi connectivity index (χ0n) is 16.0. The number of hydrogen-bond donors (Lipinski definition) is 2. The van der Waals surface area contributed by atoms with Crippen LogP contribution in [0.1, 0.15) is 28.5 Å². The molecule has 2 aliphatic heterocycles. The van der Waals surface area contributed by atoms with E-state index in [2.05, 4.69) is 10.4 Å². The Kier molecular flexibility index (Phi) is 4.81. The second-order valence-corrected chi connectivity index (χ2v) is 9.92. The van der Waals surface area contributed by atoms with Crippen LogP contribution >= 0.6 is 0 Å². The molecule has 2 saturated heterocycles. The van der Waals surface area contributed by atoms with Gasteiger partial charge in [0.1, 0.15) is 0 Å². The SMILES string of the molecule is Cc1ccc(-c2cc(C(=O)NC3CN(C(N)=O)C3)nn2C2CCS(=O)(=O)C2)cc1. The molecule has 9 nitrogen and oxygen atoms in total. The van der Waals surface area contributed by atoms with Crippen molar-refractivity contribution in [2.45, 2.75) is 25.4 Å². The molecule has 0 saturated carbocycles. The Labute approximate surface area is 168 Å². The van der Waals surface area contributed by atoms with Crippen molar-refractivity contribution in [2.24, 2.45) is 5.73 Å². The summed E-state index contributed by atoms with van der Waals surface area (Å²) < 4.78 is 25.6. The minimum atomic E-state index is -3.10. The van der Waals surface area contributed by atoms with Gasteiger partial charge in [-0.3, -0.25) is 9.48 Å². The molecule has 0 bridgehead atoms. The van der Waals surface area contributed by atoms with Gasteiger partial charge in [0.2, 0.25) is 0 Å². The van der Waals surface area contributed by atoms with Crippen LogP contribution < -0.4 is 11.1 Å². The van der Waals surface area contributed by atoms with Gasteiger partial charge in [0.15, 0.2) is 15.5 Å². The molecule has 10 heteroatoms. The molecule has 3 heterocycles. The number of aromatic nitrogens is 2. The smallest absolute Gasteiger partial charge is 0.314 e. The molecule has 3 amide bonds. The molecule has 154 valence electrons. The first-order valence-electron chi connectivity index (χ1n) is 9.44. The van der Waals surface area contributed by atoms with Gasteiger partial charge in [-0.25, -0.2) is 13.2 Å². The number of hydrogen-bond acceptors (Lipinski definition) is 5. The van der Waals surface area contributed by atoms with Crippen LogP contribution in [-0.2, 0) is 9.84 Å². The van der Waals surface area contributed by atoms with E-state index in [9.17, 15) is 18.0 Å². The van der Waals surface area contributed by atoms with E-state index in [-0.39, 0.29) is 35.2 Å². The Morgan fingerprint density at radius 2 is 1.90 bits per heavy atom. The van der Waals surface area contributed by atoms with E-state index in [1.165, 1.54) is 4.90 Å². The van der Waals surface area contributed by atoms with Gasteiger partial charge in [-0.1, -0.05) is 29.8 Å². The van der Waals surface area contributed by atoms with Crippen LogP contribution in [0.3, 0.4) is 0 Å². The number of aryl methyl sites for hydroxylation is 1. The summed E-state index contributed by atoms with van der Waals surface area (Å²) in [4.78, 5) is 25.2. The maximum absolute atomic E-state index is 12.7. The average molecular weight is 417 g/mol. The standard InChI is InChI=1S/C19H23N5O4S/c1-12-2-4-13(5-3-12)17-8-16(18(25)21-14-9-23(10-14)19(20)26)22-24(17)15-6-7-29(27,28)11-15/h2-5,8,14-15H,6-7,9-11H2,1H3,(H2,20,26)(H,21,25). The topological polar surface area (TPSA) is 127 Å². The number of rotatable bonds is 4. The molecule has 2 fully saturated rings. The Balaban J connectivity index is 1.60. The van der Waals surface area contributed by atoms with Crippen molar-refractivity contribution in [2.75, 3.05) is 24.6 Å². The van der Waals surface area contributed by atoms with E-state index in [1.807, 2.05) is 31.2 Å². The van der Waals surface area contributed by atoms with Gasteiger partial charge in [0.05, 0.1) is 29.3 Å². The van der Waals surface area contributed by atoms with Crippen LogP contribution in [0.4, 0.5) is 4.79 Å². The third kappa shape index (κ3) is 3.98. The molecular formula is C19H23N5O4S. The summed E-state index contributed by atoms with van der Waals surface area (Å²) in [5.41, 5.74) is 8.11. The highest BCUT2D eigenvalue weighted by Crippen LogP contribution is 2.30. The van der Waals surface area contributed by atoms with Gasteiger partial charge >= 0.3 is 6.03 Å². The third-order valence-electron chi connectivity index (χ3n) is 5.40. The highest BCUT2D eigenvalue weighted by atomic mass is 32.2. The zero-order chi connectivity index (χ0) is 20.8. The largest absolute Gasteiger partial charge is 0.351 e. The van der Waals surface area contributed by atoms with Crippen molar-refractivity contribution in [3.05, 3.63) is 41.6 Å². The summed E-state index contributed by atoms with van der Waals surface area (Å²) in [6.07, 6.45) is 0.472. The Hall–Kier alpha value is -2.88. The van der Waals surface area contributed by atoms with Crippen molar-refractivity contribution in [1.82, 2.24) is 20.0 Å². The van der Waals surface area contributed by atoms with Crippen molar-refractivity contribution < 1.29 is 18.0 Å². The molecule has 2 aliphatic rings. The van der Waals surface area contributed by atoms with Crippen LogP contribution in [0.25, 0.3) is 11.3 Å². The lowest BCUT2D eigenvalue weighted by Crippen LogP contribution is -2.62. The summed E-state index contributed by atoms with van der Waals surface area (Å²) in [5.74, 6) is -0.213. The van der Waals surface area contributed by atoms with Crippen molar-refractivity contribution in [3.63, 3.8) is 0 Å². The fraction of sp³-hybridized carbons (Fsp3) is 0.421. The normalized spacial score (nSPS) is 21.0. The maximum Gasteiger partial charge on any atom is 0.314 e. The average Bonchev–Trinajstić information content (AvgIpc) is 3.21. The predicted molar refractivity (Wildman–Crippen MR) is 107 cm³/mol. The second kappa shape index (κ2) is 7.18. The molecule has 0 spiro atoms. The highest BCUT2D eigenvalue weighted by Gasteiger charge is 2.34. The maximum atomic E-state index is 12.7. The quantitative estimate of drug-likeness (QED) is 0.757.